The minimum atomic E-state index is -0.723. The van der Waals surface area contributed by atoms with Crippen LogP contribution in [0.3, 0.4) is 0 Å². The number of methoxy groups -OCH3 is 1. The third kappa shape index (κ3) is 3.17. The van der Waals surface area contributed by atoms with Crippen molar-refractivity contribution in [3.8, 4) is 0 Å². The summed E-state index contributed by atoms with van der Waals surface area (Å²) >= 11 is 0. The SMILES string of the molecule is COC(=O)c1ccc(NC(=O)c2ccnc(F)c2)cc1. The molecule has 20 heavy (non-hydrogen) atoms. The summed E-state index contributed by atoms with van der Waals surface area (Å²) in [6, 6.07) is 8.60. The number of amides is 1. The number of halogens is 1. The lowest BCUT2D eigenvalue weighted by molar-refractivity contribution is 0.0600. The molecule has 0 radical (unpaired) electrons. The number of aromatic nitrogens is 1. The number of rotatable bonds is 3. The van der Waals surface area contributed by atoms with Crippen molar-refractivity contribution < 1.29 is 18.7 Å². The van der Waals surface area contributed by atoms with Gasteiger partial charge in [0.05, 0.1) is 12.7 Å². The van der Waals surface area contributed by atoms with Crippen LogP contribution >= 0.6 is 0 Å². The maximum atomic E-state index is 12.9. The van der Waals surface area contributed by atoms with Gasteiger partial charge in [0, 0.05) is 23.5 Å². The molecule has 0 unspecified atom stereocenters. The third-order valence-corrected chi connectivity index (χ3v) is 2.55. The van der Waals surface area contributed by atoms with Crippen LogP contribution in [0.25, 0.3) is 0 Å². The Hall–Kier alpha value is -2.76. The standard InChI is InChI=1S/C14H11FN2O3/c1-20-14(19)9-2-4-11(5-3-9)17-13(18)10-6-7-16-12(15)8-10/h2-8H,1H3,(H,17,18). The molecule has 0 fully saturated rings. The summed E-state index contributed by atoms with van der Waals surface area (Å²) in [7, 11) is 1.29. The molecule has 0 atom stereocenters. The van der Waals surface area contributed by atoms with Crippen LogP contribution in [0.2, 0.25) is 0 Å². The van der Waals surface area contributed by atoms with Crippen molar-refractivity contribution in [3.63, 3.8) is 0 Å². The summed E-state index contributed by atoms with van der Waals surface area (Å²) in [6.07, 6.45) is 1.21. The monoisotopic (exact) mass is 274 g/mol. The summed E-state index contributed by atoms with van der Waals surface area (Å²) in [5.74, 6) is -1.64. The predicted octanol–water partition coefficient (Wildman–Crippen LogP) is 2.26. The lowest BCUT2D eigenvalue weighted by Gasteiger charge is -2.06. The smallest absolute Gasteiger partial charge is 0.337 e. The molecule has 102 valence electrons. The highest BCUT2D eigenvalue weighted by atomic mass is 19.1. The van der Waals surface area contributed by atoms with Crippen molar-refractivity contribution in [2.24, 2.45) is 0 Å². The molecule has 6 heteroatoms. The summed E-state index contributed by atoms with van der Waals surface area (Å²) in [4.78, 5) is 26.5. The minimum Gasteiger partial charge on any atom is -0.465 e. The molecule has 2 rings (SSSR count). The topological polar surface area (TPSA) is 68.3 Å². The molecule has 0 spiro atoms. The zero-order valence-electron chi connectivity index (χ0n) is 10.6. The second-order valence-electron chi connectivity index (χ2n) is 3.89. The Morgan fingerprint density at radius 3 is 2.45 bits per heavy atom. The molecule has 2 aromatic rings. The quantitative estimate of drug-likeness (QED) is 0.688. The Morgan fingerprint density at radius 2 is 1.85 bits per heavy atom. The fraction of sp³-hybridized carbons (Fsp3) is 0.0714. The van der Waals surface area contributed by atoms with Crippen LogP contribution in [0.15, 0.2) is 42.6 Å². The number of esters is 1. The van der Waals surface area contributed by atoms with E-state index in [0.29, 0.717) is 11.3 Å². The molecule has 1 amide bonds. The average Bonchev–Trinajstić information content (AvgIpc) is 2.47. The van der Waals surface area contributed by atoms with E-state index in [0.717, 1.165) is 6.07 Å². The lowest BCUT2D eigenvalue weighted by atomic mass is 10.2. The van der Waals surface area contributed by atoms with Crippen molar-refractivity contribution in [1.82, 2.24) is 4.98 Å². The van der Waals surface area contributed by atoms with E-state index >= 15 is 0 Å². The van der Waals surface area contributed by atoms with Gasteiger partial charge in [-0.1, -0.05) is 0 Å². The Labute approximate surface area is 114 Å². The van der Waals surface area contributed by atoms with Gasteiger partial charge in [0.1, 0.15) is 0 Å². The van der Waals surface area contributed by atoms with E-state index in [2.05, 4.69) is 15.0 Å². The largest absolute Gasteiger partial charge is 0.465 e. The maximum absolute atomic E-state index is 12.9. The predicted molar refractivity (Wildman–Crippen MR) is 69.9 cm³/mol. The van der Waals surface area contributed by atoms with Gasteiger partial charge < -0.3 is 10.1 Å². The van der Waals surface area contributed by atoms with Gasteiger partial charge >= 0.3 is 5.97 Å². The van der Waals surface area contributed by atoms with Crippen molar-refractivity contribution in [1.29, 1.82) is 0 Å². The summed E-state index contributed by atoms with van der Waals surface area (Å²) in [5, 5.41) is 2.58. The number of carbonyl (C=O) groups excluding carboxylic acids is 2. The first-order valence-electron chi connectivity index (χ1n) is 5.71. The van der Waals surface area contributed by atoms with Crippen molar-refractivity contribution in [2.75, 3.05) is 12.4 Å². The van der Waals surface area contributed by atoms with Gasteiger partial charge in [0.15, 0.2) is 0 Å². The van der Waals surface area contributed by atoms with Gasteiger partial charge in [-0.05, 0) is 30.3 Å². The van der Waals surface area contributed by atoms with Gasteiger partial charge in [0.2, 0.25) is 5.95 Å². The zero-order chi connectivity index (χ0) is 14.5. The van der Waals surface area contributed by atoms with E-state index < -0.39 is 17.8 Å². The Morgan fingerprint density at radius 1 is 1.15 bits per heavy atom. The van der Waals surface area contributed by atoms with E-state index in [-0.39, 0.29) is 5.56 Å². The Balaban J connectivity index is 2.10. The molecule has 0 aliphatic rings. The number of benzene rings is 1. The van der Waals surface area contributed by atoms with E-state index in [1.54, 1.807) is 12.1 Å². The minimum absolute atomic E-state index is 0.162. The van der Waals surface area contributed by atoms with Gasteiger partial charge in [-0.25, -0.2) is 9.78 Å². The fourth-order valence-electron chi connectivity index (χ4n) is 1.55. The second-order valence-corrected chi connectivity index (χ2v) is 3.89. The number of ether oxygens (including phenoxy) is 1. The number of nitrogens with zero attached hydrogens (tertiary/aromatic N) is 1. The van der Waals surface area contributed by atoms with Gasteiger partial charge in [0.25, 0.3) is 5.91 Å². The number of hydrogen-bond acceptors (Lipinski definition) is 4. The Kier molecular flexibility index (Phi) is 4.05. The van der Waals surface area contributed by atoms with Crippen LogP contribution in [0.1, 0.15) is 20.7 Å². The molecule has 1 heterocycles. The highest BCUT2D eigenvalue weighted by molar-refractivity contribution is 6.04. The van der Waals surface area contributed by atoms with E-state index in [4.69, 9.17) is 0 Å². The number of carbonyl (C=O) groups is 2. The molecule has 0 aliphatic carbocycles. The van der Waals surface area contributed by atoms with Gasteiger partial charge in [-0.15, -0.1) is 0 Å². The van der Waals surface area contributed by atoms with Gasteiger partial charge in [-0.3, -0.25) is 4.79 Å². The molecule has 1 aromatic carbocycles. The number of nitrogens with one attached hydrogen (secondary N) is 1. The van der Waals surface area contributed by atoms with Crippen molar-refractivity contribution in [3.05, 3.63) is 59.7 Å². The molecule has 0 saturated heterocycles. The normalized spacial score (nSPS) is 9.90. The second kappa shape index (κ2) is 5.92. The molecule has 0 bridgehead atoms. The van der Waals surface area contributed by atoms with Crippen LogP contribution < -0.4 is 5.32 Å². The number of pyridine rings is 1. The summed E-state index contributed by atoms with van der Waals surface area (Å²) < 4.78 is 17.5. The van der Waals surface area contributed by atoms with Crippen LogP contribution in [-0.4, -0.2) is 24.0 Å². The Bertz CT molecular complexity index is 641. The first-order chi connectivity index (χ1) is 9.60. The fourth-order valence-corrected chi connectivity index (χ4v) is 1.55. The summed E-state index contributed by atoms with van der Waals surface area (Å²) in [6.45, 7) is 0. The lowest BCUT2D eigenvalue weighted by Crippen LogP contribution is -2.12. The first kappa shape index (κ1) is 13.7. The average molecular weight is 274 g/mol. The van der Waals surface area contributed by atoms with Crippen LogP contribution in [0, 0.1) is 5.95 Å². The zero-order valence-corrected chi connectivity index (χ0v) is 10.6. The van der Waals surface area contributed by atoms with Crippen molar-refractivity contribution >= 4 is 17.6 Å². The van der Waals surface area contributed by atoms with Crippen LogP contribution in [-0.2, 0) is 4.74 Å². The highest BCUT2D eigenvalue weighted by Gasteiger charge is 2.09. The summed E-state index contributed by atoms with van der Waals surface area (Å²) in [5.41, 5.74) is 1.02. The maximum Gasteiger partial charge on any atom is 0.337 e. The van der Waals surface area contributed by atoms with Crippen LogP contribution in [0.4, 0.5) is 10.1 Å². The van der Waals surface area contributed by atoms with Crippen LogP contribution in [0.5, 0.6) is 0 Å². The first-order valence-corrected chi connectivity index (χ1v) is 5.71. The molecule has 0 saturated carbocycles. The van der Waals surface area contributed by atoms with Gasteiger partial charge in [-0.2, -0.15) is 4.39 Å². The third-order valence-electron chi connectivity index (χ3n) is 2.55. The van der Waals surface area contributed by atoms with E-state index in [1.165, 1.54) is 31.5 Å². The molecular formula is C14H11FN2O3. The highest BCUT2D eigenvalue weighted by Crippen LogP contribution is 2.12. The molecule has 1 aromatic heterocycles. The molecular weight excluding hydrogens is 263 g/mol. The number of hydrogen-bond donors (Lipinski definition) is 1. The van der Waals surface area contributed by atoms with E-state index in [1.807, 2.05) is 0 Å². The molecule has 1 N–H and O–H groups in total. The number of anilines is 1. The molecule has 0 aliphatic heterocycles. The van der Waals surface area contributed by atoms with E-state index in [9.17, 15) is 14.0 Å². The molecule has 5 nitrogen and oxygen atoms in total. The van der Waals surface area contributed by atoms with Crippen molar-refractivity contribution in [2.45, 2.75) is 0 Å².